The highest BCUT2D eigenvalue weighted by Gasteiger charge is 2.16. The lowest BCUT2D eigenvalue weighted by atomic mass is 10.1. The van der Waals surface area contributed by atoms with Gasteiger partial charge in [0.2, 0.25) is 10.0 Å². The van der Waals surface area contributed by atoms with Crippen LogP contribution < -0.4 is 10.0 Å². The normalized spacial score (nSPS) is 17.5. The number of hydrogen-bond acceptors (Lipinski definition) is 5. The topological polar surface area (TPSA) is 92.3 Å². The van der Waals surface area contributed by atoms with E-state index in [0.717, 1.165) is 19.1 Å². The molecule has 0 aliphatic heterocycles. The van der Waals surface area contributed by atoms with Gasteiger partial charge in [0.1, 0.15) is 0 Å². The molecule has 1 fully saturated rings. The van der Waals surface area contributed by atoms with Gasteiger partial charge in [-0.25, -0.2) is 21.6 Å². The maximum atomic E-state index is 12.2. The first kappa shape index (κ1) is 19.4. The molecule has 0 saturated heterocycles. The van der Waals surface area contributed by atoms with Gasteiger partial charge in [-0.1, -0.05) is 25.7 Å². The van der Waals surface area contributed by atoms with Gasteiger partial charge in [-0.15, -0.1) is 0 Å². The first-order valence-electron chi connectivity index (χ1n) is 8.32. The minimum absolute atomic E-state index is 0.0735. The fraction of sp³-hybridized carbons (Fsp3) is 0.625. The minimum Gasteiger partial charge on any atom is -0.313 e. The summed E-state index contributed by atoms with van der Waals surface area (Å²) >= 11 is 0. The Labute approximate surface area is 145 Å². The smallest absolute Gasteiger partial charge is 0.240 e. The molecule has 0 spiro atoms. The van der Waals surface area contributed by atoms with Crippen molar-refractivity contribution in [2.75, 3.05) is 19.3 Å². The van der Waals surface area contributed by atoms with Gasteiger partial charge in [0.25, 0.3) is 0 Å². The molecule has 0 radical (unpaired) electrons. The second kappa shape index (κ2) is 8.42. The average molecular weight is 375 g/mol. The molecule has 1 aliphatic rings. The van der Waals surface area contributed by atoms with Crippen LogP contribution in [0.1, 0.15) is 38.5 Å². The van der Waals surface area contributed by atoms with E-state index in [2.05, 4.69) is 10.0 Å². The third-order valence-electron chi connectivity index (χ3n) is 4.27. The van der Waals surface area contributed by atoms with Crippen LogP contribution in [0.4, 0.5) is 0 Å². The number of rotatable bonds is 7. The Morgan fingerprint density at radius 3 is 1.96 bits per heavy atom. The van der Waals surface area contributed by atoms with Crippen LogP contribution in [0.15, 0.2) is 34.1 Å². The zero-order chi connectivity index (χ0) is 17.6. The molecule has 0 atom stereocenters. The maximum Gasteiger partial charge on any atom is 0.240 e. The summed E-state index contributed by atoms with van der Waals surface area (Å²) in [7, 11) is -6.94. The lowest BCUT2D eigenvalue weighted by Crippen LogP contribution is -2.36. The van der Waals surface area contributed by atoms with Crippen LogP contribution >= 0.6 is 0 Å². The van der Waals surface area contributed by atoms with E-state index < -0.39 is 19.9 Å². The van der Waals surface area contributed by atoms with Crippen LogP contribution in [0, 0.1) is 0 Å². The standard InChI is InChI=1S/C16H26N2O4S2/c1-23(19,20)15-8-10-16(11-9-15)24(21,22)18-13-12-17-14-6-4-2-3-5-7-14/h8-11,14,17-18H,2-7,12-13H2,1H3. The zero-order valence-corrected chi connectivity index (χ0v) is 15.6. The summed E-state index contributed by atoms with van der Waals surface area (Å²) in [5, 5.41) is 3.41. The van der Waals surface area contributed by atoms with Gasteiger partial charge in [0, 0.05) is 25.4 Å². The van der Waals surface area contributed by atoms with Crippen LogP contribution in [-0.4, -0.2) is 42.2 Å². The van der Waals surface area contributed by atoms with E-state index in [1.807, 2.05) is 0 Å². The summed E-state index contributed by atoms with van der Waals surface area (Å²) in [6, 6.07) is 5.74. The molecule has 2 N–H and O–H groups in total. The molecule has 6 nitrogen and oxygen atoms in total. The highest BCUT2D eigenvalue weighted by molar-refractivity contribution is 7.90. The van der Waals surface area contributed by atoms with E-state index in [-0.39, 0.29) is 9.79 Å². The molecule has 1 aromatic carbocycles. The SMILES string of the molecule is CS(=O)(=O)c1ccc(S(=O)(=O)NCCNC2CCCCCC2)cc1. The summed E-state index contributed by atoms with van der Waals surface area (Å²) in [4.78, 5) is 0.181. The molecular formula is C16H26N2O4S2. The Hall–Kier alpha value is -0.960. The van der Waals surface area contributed by atoms with Crippen molar-refractivity contribution >= 4 is 19.9 Å². The highest BCUT2D eigenvalue weighted by Crippen LogP contribution is 2.17. The quantitative estimate of drug-likeness (QED) is 0.560. The summed E-state index contributed by atoms with van der Waals surface area (Å²) in [6.45, 7) is 0.901. The molecule has 24 heavy (non-hydrogen) atoms. The lowest BCUT2D eigenvalue weighted by molar-refractivity contribution is 0.461. The molecule has 8 heteroatoms. The second-order valence-corrected chi connectivity index (χ2v) is 10.1. The average Bonchev–Trinajstić information content (AvgIpc) is 2.80. The van der Waals surface area contributed by atoms with E-state index >= 15 is 0 Å². The Morgan fingerprint density at radius 1 is 0.875 bits per heavy atom. The number of sulfone groups is 1. The van der Waals surface area contributed by atoms with Crippen molar-refractivity contribution in [1.82, 2.24) is 10.0 Å². The Balaban J connectivity index is 1.84. The fourth-order valence-corrected chi connectivity index (χ4v) is 4.56. The molecule has 0 unspecified atom stereocenters. The molecule has 2 rings (SSSR count). The molecule has 0 bridgehead atoms. The fourth-order valence-electron chi connectivity index (χ4n) is 2.89. The third kappa shape index (κ3) is 5.84. The molecule has 136 valence electrons. The number of sulfonamides is 1. The van der Waals surface area contributed by atoms with Crippen LogP contribution in [0.2, 0.25) is 0 Å². The number of hydrogen-bond donors (Lipinski definition) is 2. The van der Waals surface area contributed by atoms with Crippen LogP contribution in [0.5, 0.6) is 0 Å². The Kier molecular flexibility index (Phi) is 6.79. The highest BCUT2D eigenvalue weighted by atomic mass is 32.2. The van der Waals surface area contributed by atoms with Crippen molar-refractivity contribution in [1.29, 1.82) is 0 Å². The van der Waals surface area contributed by atoms with Crippen LogP contribution in [0.3, 0.4) is 0 Å². The van der Waals surface area contributed by atoms with E-state index in [4.69, 9.17) is 0 Å². The van der Waals surface area contributed by atoms with Crippen molar-refractivity contribution < 1.29 is 16.8 Å². The van der Waals surface area contributed by atoms with Gasteiger partial charge in [-0.2, -0.15) is 0 Å². The molecule has 0 aromatic heterocycles. The zero-order valence-electron chi connectivity index (χ0n) is 14.0. The molecular weight excluding hydrogens is 348 g/mol. The molecule has 0 amide bonds. The summed E-state index contributed by atoms with van der Waals surface area (Å²) < 4.78 is 49.8. The third-order valence-corrected chi connectivity index (χ3v) is 6.87. The molecule has 0 heterocycles. The largest absolute Gasteiger partial charge is 0.313 e. The van der Waals surface area contributed by atoms with E-state index in [9.17, 15) is 16.8 Å². The first-order chi connectivity index (χ1) is 11.3. The number of benzene rings is 1. The predicted molar refractivity (Wildman–Crippen MR) is 94.2 cm³/mol. The Bertz CT molecular complexity index is 720. The van der Waals surface area contributed by atoms with Gasteiger partial charge < -0.3 is 5.32 Å². The monoisotopic (exact) mass is 374 g/mol. The van der Waals surface area contributed by atoms with Gasteiger partial charge >= 0.3 is 0 Å². The Morgan fingerprint density at radius 2 is 1.42 bits per heavy atom. The number of nitrogens with one attached hydrogen (secondary N) is 2. The van der Waals surface area contributed by atoms with Gasteiger partial charge in [0.15, 0.2) is 9.84 Å². The molecule has 1 aliphatic carbocycles. The van der Waals surface area contributed by atoms with Crippen molar-refractivity contribution in [3.63, 3.8) is 0 Å². The van der Waals surface area contributed by atoms with Gasteiger partial charge in [-0.3, -0.25) is 0 Å². The van der Waals surface area contributed by atoms with Crippen LogP contribution in [0.25, 0.3) is 0 Å². The van der Waals surface area contributed by atoms with Crippen molar-refractivity contribution in [2.45, 2.75) is 54.4 Å². The first-order valence-corrected chi connectivity index (χ1v) is 11.7. The second-order valence-electron chi connectivity index (χ2n) is 6.28. The van der Waals surface area contributed by atoms with E-state index in [0.29, 0.717) is 19.1 Å². The van der Waals surface area contributed by atoms with Gasteiger partial charge in [0.05, 0.1) is 9.79 Å². The maximum absolute atomic E-state index is 12.2. The lowest BCUT2D eigenvalue weighted by Gasteiger charge is -2.16. The minimum atomic E-state index is -3.62. The predicted octanol–water partition coefficient (Wildman–Crippen LogP) is 1.68. The molecule has 1 saturated carbocycles. The van der Waals surface area contributed by atoms with Crippen molar-refractivity contribution in [3.8, 4) is 0 Å². The van der Waals surface area contributed by atoms with Crippen molar-refractivity contribution in [3.05, 3.63) is 24.3 Å². The van der Waals surface area contributed by atoms with E-state index in [1.54, 1.807) is 0 Å². The summed E-state index contributed by atoms with van der Waals surface area (Å²) in [6.07, 6.45) is 8.43. The van der Waals surface area contributed by atoms with E-state index in [1.165, 1.54) is 49.9 Å². The van der Waals surface area contributed by atoms with Crippen molar-refractivity contribution in [2.24, 2.45) is 0 Å². The van der Waals surface area contributed by atoms with Gasteiger partial charge in [-0.05, 0) is 37.1 Å². The summed E-state index contributed by atoms with van der Waals surface area (Å²) in [5.74, 6) is 0. The van der Waals surface area contributed by atoms with Crippen LogP contribution in [-0.2, 0) is 19.9 Å². The molecule has 1 aromatic rings. The summed E-state index contributed by atoms with van der Waals surface area (Å²) in [5.41, 5.74) is 0.